The first-order chi connectivity index (χ1) is 10.2. The van der Waals surface area contributed by atoms with Gasteiger partial charge in [0.25, 0.3) is 5.91 Å². The van der Waals surface area contributed by atoms with Gasteiger partial charge in [-0.2, -0.15) is 0 Å². The fourth-order valence-electron chi connectivity index (χ4n) is 1.90. The third-order valence-electron chi connectivity index (χ3n) is 3.08. The fraction of sp³-hybridized carbons (Fsp3) is 0.125. The highest BCUT2D eigenvalue weighted by Gasteiger charge is 2.14. The van der Waals surface area contributed by atoms with Crippen LogP contribution < -0.4 is 5.32 Å². The molecule has 1 amide bonds. The summed E-state index contributed by atoms with van der Waals surface area (Å²) in [6.45, 7) is 2.47. The first-order valence-electron chi connectivity index (χ1n) is 6.57. The van der Waals surface area contributed by atoms with Crippen molar-refractivity contribution in [3.63, 3.8) is 0 Å². The molecule has 21 heavy (non-hydrogen) atoms. The summed E-state index contributed by atoms with van der Waals surface area (Å²) in [7, 11) is 0. The number of nitrogens with zero attached hydrogens (tertiary/aromatic N) is 1. The van der Waals surface area contributed by atoms with E-state index in [1.54, 1.807) is 18.2 Å². The molecule has 3 rings (SSSR count). The average Bonchev–Trinajstić information content (AvgIpc) is 3.17. The Kier molecular flexibility index (Phi) is 3.55. The van der Waals surface area contributed by atoms with Gasteiger partial charge in [0.2, 0.25) is 5.76 Å². The molecule has 2 heterocycles. The van der Waals surface area contributed by atoms with Crippen molar-refractivity contribution in [2.75, 3.05) is 0 Å². The van der Waals surface area contributed by atoms with E-state index in [-0.39, 0.29) is 11.6 Å². The van der Waals surface area contributed by atoms with Gasteiger partial charge in [-0.05, 0) is 24.6 Å². The monoisotopic (exact) mass is 282 g/mol. The van der Waals surface area contributed by atoms with E-state index in [1.165, 1.54) is 11.8 Å². The molecule has 0 unspecified atom stereocenters. The standard InChI is InChI=1S/C16H14N2O3/c1-11-4-6-12(7-5-11)10-17-16(19)13-9-15(21-18-13)14-3-2-8-20-14/h2-9H,10H2,1H3,(H,17,19). The molecule has 0 spiro atoms. The van der Waals surface area contributed by atoms with Gasteiger partial charge in [-0.1, -0.05) is 35.0 Å². The van der Waals surface area contributed by atoms with Crippen LogP contribution >= 0.6 is 0 Å². The van der Waals surface area contributed by atoms with Crippen molar-refractivity contribution in [1.29, 1.82) is 0 Å². The quantitative estimate of drug-likeness (QED) is 0.798. The van der Waals surface area contributed by atoms with Gasteiger partial charge in [-0.25, -0.2) is 0 Å². The smallest absolute Gasteiger partial charge is 0.273 e. The third-order valence-corrected chi connectivity index (χ3v) is 3.08. The molecule has 0 saturated heterocycles. The predicted octanol–water partition coefficient (Wildman–Crippen LogP) is 3.17. The van der Waals surface area contributed by atoms with Crippen molar-refractivity contribution in [1.82, 2.24) is 10.5 Å². The summed E-state index contributed by atoms with van der Waals surface area (Å²) in [4.78, 5) is 12.0. The molecule has 1 N–H and O–H groups in total. The molecule has 0 aliphatic rings. The zero-order valence-electron chi connectivity index (χ0n) is 11.5. The Labute approximate surface area is 121 Å². The van der Waals surface area contributed by atoms with E-state index in [0.717, 1.165) is 5.56 Å². The van der Waals surface area contributed by atoms with Crippen LogP contribution in [0.1, 0.15) is 21.6 Å². The number of amides is 1. The van der Waals surface area contributed by atoms with Crippen LogP contribution in [-0.2, 0) is 6.54 Å². The summed E-state index contributed by atoms with van der Waals surface area (Å²) in [5.41, 5.74) is 2.45. The largest absolute Gasteiger partial charge is 0.461 e. The molecule has 1 aromatic carbocycles. The molecular weight excluding hydrogens is 268 g/mol. The van der Waals surface area contributed by atoms with Gasteiger partial charge in [0.05, 0.1) is 6.26 Å². The zero-order chi connectivity index (χ0) is 14.7. The number of hydrogen-bond donors (Lipinski definition) is 1. The lowest BCUT2D eigenvalue weighted by Crippen LogP contribution is -2.22. The van der Waals surface area contributed by atoms with Gasteiger partial charge in [0.15, 0.2) is 11.5 Å². The van der Waals surface area contributed by atoms with Gasteiger partial charge in [-0.3, -0.25) is 4.79 Å². The van der Waals surface area contributed by atoms with E-state index >= 15 is 0 Å². The maximum absolute atomic E-state index is 12.0. The highest BCUT2D eigenvalue weighted by Crippen LogP contribution is 2.20. The van der Waals surface area contributed by atoms with Crippen LogP contribution in [0.5, 0.6) is 0 Å². The molecule has 0 saturated carbocycles. The second kappa shape index (κ2) is 5.66. The van der Waals surface area contributed by atoms with Crippen LogP contribution in [0.4, 0.5) is 0 Å². The number of aryl methyl sites for hydroxylation is 1. The number of aromatic nitrogens is 1. The summed E-state index contributed by atoms with van der Waals surface area (Å²) in [5, 5.41) is 6.55. The summed E-state index contributed by atoms with van der Waals surface area (Å²) in [6, 6.07) is 13.0. The zero-order valence-corrected chi connectivity index (χ0v) is 11.5. The SMILES string of the molecule is Cc1ccc(CNC(=O)c2cc(-c3ccco3)on2)cc1. The van der Waals surface area contributed by atoms with Crippen molar-refractivity contribution < 1.29 is 13.7 Å². The van der Waals surface area contributed by atoms with Crippen LogP contribution in [0.25, 0.3) is 11.5 Å². The average molecular weight is 282 g/mol. The van der Waals surface area contributed by atoms with Gasteiger partial charge in [-0.15, -0.1) is 0 Å². The number of benzene rings is 1. The minimum atomic E-state index is -0.280. The lowest BCUT2D eigenvalue weighted by atomic mass is 10.1. The maximum atomic E-state index is 12.0. The van der Waals surface area contributed by atoms with E-state index in [2.05, 4.69) is 10.5 Å². The van der Waals surface area contributed by atoms with Crippen molar-refractivity contribution in [2.24, 2.45) is 0 Å². The molecule has 2 aromatic heterocycles. The molecule has 106 valence electrons. The fourth-order valence-corrected chi connectivity index (χ4v) is 1.90. The minimum Gasteiger partial charge on any atom is -0.461 e. The number of hydrogen-bond acceptors (Lipinski definition) is 4. The Bertz CT molecular complexity index is 727. The highest BCUT2D eigenvalue weighted by molar-refractivity contribution is 5.92. The first-order valence-corrected chi connectivity index (χ1v) is 6.57. The van der Waals surface area contributed by atoms with Crippen LogP contribution in [0.2, 0.25) is 0 Å². The highest BCUT2D eigenvalue weighted by atomic mass is 16.5. The molecule has 0 bridgehead atoms. The summed E-state index contributed by atoms with van der Waals surface area (Å²) >= 11 is 0. The van der Waals surface area contributed by atoms with Gasteiger partial charge >= 0.3 is 0 Å². The lowest BCUT2D eigenvalue weighted by Gasteiger charge is -2.03. The maximum Gasteiger partial charge on any atom is 0.273 e. The first kappa shape index (κ1) is 13.2. The molecule has 5 nitrogen and oxygen atoms in total. The number of carbonyl (C=O) groups is 1. The van der Waals surface area contributed by atoms with Crippen molar-refractivity contribution >= 4 is 5.91 Å². The predicted molar refractivity (Wildman–Crippen MR) is 76.6 cm³/mol. The molecule has 0 aliphatic carbocycles. The Balaban J connectivity index is 1.64. The molecule has 5 heteroatoms. The second-order valence-corrected chi connectivity index (χ2v) is 4.72. The van der Waals surface area contributed by atoms with Gasteiger partial charge in [0, 0.05) is 12.6 Å². The molecule has 0 radical (unpaired) electrons. The van der Waals surface area contributed by atoms with Gasteiger partial charge < -0.3 is 14.3 Å². The number of nitrogens with one attached hydrogen (secondary N) is 1. The Hall–Kier alpha value is -2.82. The van der Waals surface area contributed by atoms with E-state index < -0.39 is 0 Å². The number of carbonyl (C=O) groups excluding carboxylic acids is 1. The van der Waals surface area contributed by atoms with E-state index in [0.29, 0.717) is 18.1 Å². The Morgan fingerprint density at radius 1 is 1.19 bits per heavy atom. The second-order valence-electron chi connectivity index (χ2n) is 4.72. The van der Waals surface area contributed by atoms with Crippen LogP contribution in [-0.4, -0.2) is 11.1 Å². The third kappa shape index (κ3) is 3.02. The van der Waals surface area contributed by atoms with Gasteiger partial charge in [0.1, 0.15) is 0 Å². The topological polar surface area (TPSA) is 68.3 Å². The summed E-state index contributed by atoms with van der Waals surface area (Å²) in [6.07, 6.45) is 1.54. The molecular formula is C16H14N2O3. The lowest BCUT2D eigenvalue weighted by molar-refractivity contribution is 0.0942. The number of rotatable bonds is 4. The number of furan rings is 1. The van der Waals surface area contributed by atoms with E-state index in [4.69, 9.17) is 8.94 Å². The van der Waals surface area contributed by atoms with Crippen LogP contribution in [0.3, 0.4) is 0 Å². The van der Waals surface area contributed by atoms with Crippen LogP contribution in [0.15, 0.2) is 57.7 Å². The molecule has 0 fully saturated rings. The Morgan fingerprint density at radius 2 is 2.00 bits per heavy atom. The van der Waals surface area contributed by atoms with E-state index in [9.17, 15) is 4.79 Å². The normalized spacial score (nSPS) is 10.5. The van der Waals surface area contributed by atoms with E-state index in [1.807, 2.05) is 31.2 Å². The molecule has 0 aliphatic heterocycles. The van der Waals surface area contributed by atoms with Crippen LogP contribution in [0, 0.1) is 6.92 Å². The molecule has 0 atom stereocenters. The molecule has 3 aromatic rings. The summed E-state index contributed by atoms with van der Waals surface area (Å²) < 4.78 is 10.3. The Morgan fingerprint density at radius 3 is 2.71 bits per heavy atom. The minimum absolute atomic E-state index is 0.230. The van der Waals surface area contributed by atoms with Crippen molar-refractivity contribution in [3.05, 3.63) is 65.5 Å². The summed E-state index contributed by atoms with van der Waals surface area (Å²) in [5.74, 6) is 0.692. The van der Waals surface area contributed by atoms with Crippen molar-refractivity contribution in [2.45, 2.75) is 13.5 Å². The van der Waals surface area contributed by atoms with Crippen molar-refractivity contribution in [3.8, 4) is 11.5 Å².